The first kappa shape index (κ1) is 14.5. The van der Waals surface area contributed by atoms with Crippen LogP contribution in [-0.2, 0) is 0 Å². The van der Waals surface area contributed by atoms with Gasteiger partial charge in [0, 0.05) is 40.3 Å². The van der Waals surface area contributed by atoms with Gasteiger partial charge >= 0.3 is 0 Å². The Balaban J connectivity index is 1.61. The molecule has 0 aliphatic carbocycles. The number of hydrogen-bond acceptors (Lipinski definition) is 4. The van der Waals surface area contributed by atoms with Crippen LogP contribution >= 0.6 is 11.8 Å². The van der Waals surface area contributed by atoms with Crippen LogP contribution in [-0.4, -0.2) is 27.5 Å². The first-order valence-electron chi connectivity index (χ1n) is 7.63. The number of fused-ring (bicyclic) bond motifs is 1. The second-order valence-electron chi connectivity index (χ2n) is 5.75. The molecule has 0 radical (unpaired) electrons. The molecule has 4 nitrogen and oxygen atoms in total. The van der Waals surface area contributed by atoms with Crippen LogP contribution in [0.2, 0.25) is 0 Å². The lowest BCUT2D eigenvalue weighted by Crippen LogP contribution is -2.34. The number of thioether (sulfide) groups is 1. The average molecular weight is 323 g/mol. The van der Waals surface area contributed by atoms with Gasteiger partial charge in [-0.05, 0) is 24.6 Å². The number of pyridine rings is 1. The summed E-state index contributed by atoms with van der Waals surface area (Å²) in [5.74, 6) is 0.941. The number of aromatic nitrogens is 2. The maximum atomic E-state index is 13.0. The fourth-order valence-corrected chi connectivity index (χ4v) is 4.34. The molecule has 2 aromatic heterocycles. The highest BCUT2D eigenvalue weighted by Crippen LogP contribution is 2.34. The maximum Gasteiger partial charge on any atom is 0.183 e. The molecule has 2 atom stereocenters. The number of ketones is 1. The molecule has 2 N–H and O–H groups in total. The predicted molar refractivity (Wildman–Crippen MR) is 93.7 cm³/mol. The minimum Gasteiger partial charge on any atom is -0.358 e. The van der Waals surface area contributed by atoms with Crippen molar-refractivity contribution in [1.29, 1.82) is 0 Å². The number of nitrogens with zero attached hydrogens (tertiary/aromatic N) is 1. The molecule has 1 aromatic carbocycles. The Morgan fingerprint density at radius 2 is 2.13 bits per heavy atom. The molecule has 0 saturated carbocycles. The van der Waals surface area contributed by atoms with Gasteiger partial charge in [-0.2, -0.15) is 0 Å². The van der Waals surface area contributed by atoms with Crippen molar-refractivity contribution in [1.82, 2.24) is 15.3 Å². The largest absolute Gasteiger partial charge is 0.358 e. The molecule has 4 rings (SSSR count). The maximum absolute atomic E-state index is 13.0. The van der Waals surface area contributed by atoms with E-state index in [1.165, 1.54) is 0 Å². The van der Waals surface area contributed by atoms with Crippen molar-refractivity contribution in [3.63, 3.8) is 0 Å². The van der Waals surface area contributed by atoms with Crippen LogP contribution in [0.5, 0.6) is 0 Å². The summed E-state index contributed by atoms with van der Waals surface area (Å²) in [5, 5.41) is 4.58. The van der Waals surface area contributed by atoms with Crippen LogP contribution in [0.3, 0.4) is 0 Å². The van der Waals surface area contributed by atoms with Crippen LogP contribution in [0.1, 0.15) is 27.0 Å². The quantitative estimate of drug-likeness (QED) is 0.725. The standard InChI is InChI=1S/C18H17N3OS/c1-11-16(13-6-2-3-7-14(13)20-11)17(22)15-10-23-18(21-15)12-5-4-8-19-9-12/h2-9,15,18,20-21H,10H2,1H3/t15-,18-/m0/s1. The SMILES string of the molecule is Cc1[nH]c2ccccc2c1C(=O)[C@@H]1CS[C@@H](c2cccnc2)N1. The highest BCUT2D eigenvalue weighted by Gasteiger charge is 2.33. The lowest BCUT2D eigenvalue weighted by Gasteiger charge is -2.12. The normalized spacial score (nSPS) is 20.9. The lowest BCUT2D eigenvalue weighted by molar-refractivity contribution is 0.0957. The molecule has 0 bridgehead atoms. The summed E-state index contributed by atoms with van der Waals surface area (Å²) >= 11 is 1.76. The molecule has 0 unspecified atom stereocenters. The molecule has 5 heteroatoms. The number of benzene rings is 1. The minimum atomic E-state index is -0.164. The zero-order chi connectivity index (χ0) is 15.8. The van der Waals surface area contributed by atoms with E-state index in [4.69, 9.17) is 0 Å². The third-order valence-corrected chi connectivity index (χ3v) is 5.49. The highest BCUT2D eigenvalue weighted by molar-refractivity contribution is 7.99. The smallest absolute Gasteiger partial charge is 0.183 e. The van der Waals surface area contributed by atoms with Crippen LogP contribution in [0.25, 0.3) is 10.9 Å². The van der Waals surface area contributed by atoms with Gasteiger partial charge in [0.2, 0.25) is 0 Å². The molecule has 1 fully saturated rings. The van der Waals surface area contributed by atoms with Crippen LogP contribution < -0.4 is 5.32 Å². The number of carbonyl (C=O) groups excluding carboxylic acids is 1. The van der Waals surface area contributed by atoms with E-state index in [1.807, 2.05) is 49.5 Å². The number of H-pyrrole nitrogens is 1. The van der Waals surface area contributed by atoms with Gasteiger partial charge in [-0.3, -0.25) is 15.1 Å². The van der Waals surface area contributed by atoms with E-state index in [1.54, 1.807) is 18.0 Å². The number of carbonyl (C=O) groups is 1. The third-order valence-electron chi connectivity index (χ3n) is 4.23. The van der Waals surface area contributed by atoms with Crippen molar-refractivity contribution >= 4 is 28.4 Å². The van der Waals surface area contributed by atoms with Crippen molar-refractivity contribution in [2.24, 2.45) is 0 Å². The monoisotopic (exact) mass is 323 g/mol. The number of hydrogen-bond donors (Lipinski definition) is 2. The molecule has 3 heterocycles. The van der Waals surface area contributed by atoms with Crippen molar-refractivity contribution < 1.29 is 4.79 Å². The summed E-state index contributed by atoms with van der Waals surface area (Å²) in [6, 6.07) is 11.8. The Kier molecular flexibility index (Phi) is 3.67. The van der Waals surface area contributed by atoms with Gasteiger partial charge in [-0.25, -0.2) is 0 Å². The van der Waals surface area contributed by atoms with Gasteiger partial charge in [0.1, 0.15) is 0 Å². The molecule has 116 valence electrons. The Hall–Kier alpha value is -2.11. The molecule has 23 heavy (non-hydrogen) atoms. The summed E-state index contributed by atoms with van der Waals surface area (Å²) in [6.07, 6.45) is 3.62. The molecule has 0 amide bonds. The Labute approximate surface area is 138 Å². The Morgan fingerprint density at radius 1 is 1.26 bits per heavy atom. The number of aromatic amines is 1. The topological polar surface area (TPSA) is 57.8 Å². The fraction of sp³-hybridized carbons (Fsp3) is 0.222. The molecule has 1 aliphatic rings. The molecule has 1 aliphatic heterocycles. The summed E-state index contributed by atoms with van der Waals surface area (Å²) in [7, 11) is 0. The van der Waals surface area contributed by atoms with Crippen molar-refractivity contribution in [3.05, 3.63) is 65.6 Å². The van der Waals surface area contributed by atoms with Crippen molar-refractivity contribution in [3.8, 4) is 0 Å². The van der Waals surface area contributed by atoms with Crippen LogP contribution in [0.15, 0.2) is 48.8 Å². The van der Waals surface area contributed by atoms with E-state index in [9.17, 15) is 4.79 Å². The number of Topliss-reactive ketones (excluding diaryl/α,β-unsaturated/α-hetero) is 1. The molecular weight excluding hydrogens is 306 g/mol. The zero-order valence-corrected chi connectivity index (χ0v) is 13.6. The molecular formula is C18H17N3OS. The van der Waals surface area contributed by atoms with Crippen LogP contribution in [0.4, 0.5) is 0 Å². The summed E-state index contributed by atoms with van der Waals surface area (Å²) < 4.78 is 0. The first-order chi connectivity index (χ1) is 11.2. The summed E-state index contributed by atoms with van der Waals surface area (Å²) in [6.45, 7) is 1.97. The van der Waals surface area contributed by atoms with E-state index < -0.39 is 0 Å². The summed E-state index contributed by atoms with van der Waals surface area (Å²) in [4.78, 5) is 20.5. The predicted octanol–water partition coefficient (Wildman–Crippen LogP) is 3.46. The minimum absolute atomic E-state index is 0.128. The summed E-state index contributed by atoms with van der Waals surface area (Å²) in [5.41, 5.74) is 3.88. The number of aryl methyl sites for hydroxylation is 1. The number of rotatable bonds is 3. The van der Waals surface area contributed by atoms with E-state index >= 15 is 0 Å². The Bertz CT molecular complexity index is 859. The molecule has 1 saturated heterocycles. The Morgan fingerprint density at radius 3 is 2.96 bits per heavy atom. The van der Waals surface area contributed by atoms with Gasteiger partial charge in [0.05, 0.1) is 11.4 Å². The fourth-order valence-electron chi connectivity index (χ4n) is 3.11. The van der Waals surface area contributed by atoms with Crippen LogP contribution in [0, 0.1) is 6.92 Å². The van der Waals surface area contributed by atoms with Crippen molar-refractivity contribution in [2.75, 3.05) is 5.75 Å². The number of nitrogens with one attached hydrogen (secondary N) is 2. The molecule has 3 aromatic rings. The lowest BCUT2D eigenvalue weighted by atomic mass is 10.0. The van der Waals surface area contributed by atoms with E-state index in [-0.39, 0.29) is 17.2 Å². The van der Waals surface area contributed by atoms with Crippen molar-refractivity contribution in [2.45, 2.75) is 18.3 Å². The van der Waals surface area contributed by atoms with Gasteiger partial charge in [0.15, 0.2) is 5.78 Å². The molecule has 0 spiro atoms. The second-order valence-corrected chi connectivity index (χ2v) is 6.89. The van der Waals surface area contributed by atoms with E-state index in [2.05, 4.69) is 15.3 Å². The zero-order valence-electron chi connectivity index (χ0n) is 12.7. The van der Waals surface area contributed by atoms with E-state index in [0.29, 0.717) is 0 Å². The number of para-hydroxylation sites is 1. The van der Waals surface area contributed by atoms with Gasteiger partial charge in [-0.1, -0.05) is 24.3 Å². The highest BCUT2D eigenvalue weighted by atomic mass is 32.2. The van der Waals surface area contributed by atoms with E-state index in [0.717, 1.165) is 33.5 Å². The second kappa shape index (κ2) is 5.83. The average Bonchev–Trinajstić information content (AvgIpc) is 3.19. The van der Waals surface area contributed by atoms with Gasteiger partial charge < -0.3 is 4.98 Å². The van der Waals surface area contributed by atoms with Gasteiger partial charge in [-0.15, -0.1) is 11.8 Å². The first-order valence-corrected chi connectivity index (χ1v) is 8.68. The third kappa shape index (κ3) is 2.56. The van der Waals surface area contributed by atoms with Gasteiger partial charge in [0.25, 0.3) is 0 Å².